The number of H-pyrrole nitrogens is 1. The summed E-state index contributed by atoms with van der Waals surface area (Å²) in [5.74, 6) is -0.0930. The number of aromatic nitrogens is 1. The summed E-state index contributed by atoms with van der Waals surface area (Å²) in [5.41, 5.74) is 1.35. The van der Waals surface area contributed by atoms with E-state index in [0.717, 1.165) is 5.56 Å². The number of pyridine rings is 1. The molecule has 1 amide bonds. The van der Waals surface area contributed by atoms with Gasteiger partial charge in [0.2, 0.25) is 5.56 Å². The first kappa shape index (κ1) is 14.5. The molecule has 4 nitrogen and oxygen atoms in total. The summed E-state index contributed by atoms with van der Waals surface area (Å²) in [5, 5.41) is 0.703. The van der Waals surface area contributed by atoms with E-state index in [-0.39, 0.29) is 11.5 Å². The van der Waals surface area contributed by atoms with E-state index in [2.05, 4.69) is 20.9 Å². The Balaban J connectivity index is 2.17. The van der Waals surface area contributed by atoms with Gasteiger partial charge in [-0.1, -0.05) is 46.3 Å². The zero-order valence-corrected chi connectivity index (χ0v) is 12.5. The first-order valence-electron chi connectivity index (χ1n) is 6.28. The van der Waals surface area contributed by atoms with Gasteiger partial charge in [0.25, 0.3) is 5.91 Å². The van der Waals surface area contributed by atoms with Crippen LogP contribution in [-0.2, 0) is 6.54 Å². The molecule has 0 radical (unpaired) electrons. The van der Waals surface area contributed by atoms with Crippen molar-refractivity contribution >= 4 is 21.8 Å². The maximum Gasteiger partial charge on any atom is 0.255 e. The van der Waals surface area contributed by atoms with Gasteiger partial charge in [-0.3, -0.25) is 9.59 Å². The molecule has 0 spiro atoms. The number of halogens is 1. The highest BCUT2D eigenvalue weighted by molar-refractivity contribution is 9.09. The largest absolute Gasteiger partial charge is 0.333 e. The van der Waals surface area contributed by atoms with E-state index in [4.69, 9.17) is 0 Å². The normalized spacial score (nSPS) is 10.2. The van der Waals surface area contributed by atoms with Gasteiger partial charge in [0.1, 0.15) is 0 Å². The van der Waals surface area contributed by atoms with E-state index in [1.807, 2.05) is 30.3 Å². The Bertz CT molecular complexity index is 605. The number of alkyl halides is 1. The van der Waals surface area contributed by atoms with Crippen LogP contribution in [0.4, 0.5) is 0 Å². The molecule has 0 aliphatic rings. The SMILES string of the molecule is O=C(c1ccc(=O)[nH]c1)N(CCBr)Cc1ccccc1. The van der Waals surface area contributed by atoms with Crippen LogP contribution in [0.5, 0.6) is 0 Å². The average Bonchev–Trinajstić information content (AvgIpc) is 2.48. The number of hydrogen-bond donors (Lipinski definition) is 1. The van der Waals surface area contributed by atoms with Gasteiger partial charge in [-0.05, 0) is 11.6 Å². The molecule has 0 aliphatic carbocycles. The molecule has 2 aromatic rings. The highest BCUT2D eigenvalue weighted by Crippen LogP contribution is 2.09. The molecular formula is C15H15BrN2O2. The van der Waals surface area contributed by atoms with Gasteiger partial charge in [0.05, 0.1) is 5.56 Å². The third-order valence-electron chi connectivity index (χ3n) is 2.89. The first-order chi connectivity index (χ1) is 9.70. The number of amides is 1. The molecule has 0 aliphatic heterocycles. The topological polar surface area (TPSA) is 53.2 Å². The lowest BCUT2D eigenvalue weighted by Gasteiger charge is -2.22. The maximum absolute atomic E-state index is 12.4. The van der Waals surface area contributed by atoms with Crippen LogP contribution < -0.4 is 5.56 Å². The number of aromatic amines is 1. The lowest BCUT2D eigenvalue weighted by Crippen LogP contribution is -2.32. The van der Waals surface area contributed by atoms with Crippen molar-refractivity contribution in [2.45, 2.75) is 6.54 Å². The van der Waals surface area contributed by atoms with E-state index >= 15 is 0 Å². The second-order valence-electron chi connectivity index (χ2n) is 4.34. The van der Waals surface area contributed by atoms with Crippen molar-refractivity contribution in [1.82, 2.24) is 9.88 Å². The molecule has 1 aromatic heterocycles. The molecule has 104 valence electrons. The van der Waals surface area contributed by atoms with Crippen molar-refractivity contribution in [1.29, 1.82) is 0 Å². The third-order valence-corrected chi connectivity index (χ3v) is 3.24. The monoisotopic (exact) mass is 334 g/mol. The molecule has 0 bridgehead atoms. The third kappa shape index (κ3) is 3.81. The lowest BCUT2D eigenvalue weighted by molar-refractivity contribution is 0.0754. The Morgan fingerprint density at radius 1 is 1.15 bits per heavy atom. The van der Waals surface area contributed by atoms with Crippen LogP contribution in [0.15, 0.2) is 53.5 Å². The van der Waals surface area contributed by atoms with Gasteiger partial charge in [-0.25, -0.2) is 0 Å². The molecule has 0 unspecified atom stereocenters. The fraction of sp³-hybridized carbons (Fsp3) is 0.200. The number of nitrogens with one attached hydrogen (secondary N) is 1. The first-order valence-corrected chi connectivity index (χ1v) is 7.41. The standard InChI is InChI=1S/C15H15BrN2O2/c16-8-9-18(11-12-4-2-1-3-5-12)15(20)13-6-7-14(19)17-10-13/h1-7,10H,8-9,11H2,(H,17,19). The molecule has 1 N–H and O–H groups in total. The minimum absolute atomic E-state index is 0.0930. The molecule has 2 rings (SSSR count). The van der Waals surface area contributed by atoms with Crippen LogP contribution in [0, 0.1) is 0 Å². The maximum atomic E-state index is 12.4. The van der Waals surface area contributed by atoms with E-state index in [1.54, 1.807) is 11.0 Å². The van der Waals surface area contributed by atoms with Crippen LogP contribution in [0.2, 0.25) is 0 Å². The summed E-state index contributed by atoms with van der Waals surface area (Å²) < 4.78 is 0. The molecule has 5 heteroatoms. The number of carbonyl (C=O) groups excluding carboxylic acids is 1. The Morgan fingerprint density at radius 2 is 1.90 bits per heavy atom. The second kappa shape index (κ2) is 7.05. The highest BCUT2D eigenvalue weighted by Gasteiger charge is 2.15. The van der Waals surface area contributed by atoms with E-state index in [0.29, 0.717) is 24.0 Å². The van der Waals surface area contributed by atoms with Crippen LogP contribution >= 0.6 is 15.9 Å². The molecule has 0 saturated carbocycles. The Kier molecular flexibility index (Phi) is 5.12. The minimum atomic E-state index is -0.211. The molecular weight excluding hydrogens is 320 g/mol. The van der Waals surface area contributed by atoms with Gasteiger partial charge in [0, 0.05) is 30.7 Å². The predicted octanol–water partition coefficient (Wildman–Crippen LogP) is 2.41. The van der Waals surface area contributed by atoms with Crippen LogP contribution in [0.1, 0.15) is 15.9 Å². The fourth-order valence-electron chi connectivity index (χ4n) is 1.88. The van der Waals surface area contributed by atoms with E-state index in [1.165, 1.54) is 12.3 Å². The van der Waals surface area contributed by atoms with E-state index < -0.39 is 0 Å². The molecule has 20 heavy (non-hydrogen) atoms. The Hall–Kier alpha value is -1.88. The molecule has 1 aromatic carbocycles. The summed E-state index contributed by atoms with van der Waals surface area (Å²) in [6, 6.07) is 12.7. The van der Waals surface area contributed by atoms with Gasteiger partial charge in [-0.15, -0.1) is 0 Å². The van der Waals surface area contributed by atoms with Crippen molar-refractivity contribution < 1.29 is 4.79 Å². The Labute approximate surface area is 125 Å². The van der Waals surface area contributed by atoms with Crippen molar-refractivity contribution in [2.75, 3.05) is 11.9 Å². The van der Waals surface area contributed by atoms with Crippen molar-refractivity contribution in [3.05, 3.63) is 70.1 Å². The van der Waals surface area contributed by atoms with Crippen molar-refractivity contribution in [2.24, 2.45) is 0 Å². The second-order valence-corrected chi connectivity index (χ2v) is 5.14. The van der Waals surface area contributed by atoms with Gasteiger partial charge >= 0.3 is 0 Å². The summed E-state index contributed by atoms with van der Waals surface area (Å²) in [6.45, 7) is 1.15. The molecule has 0 atom stereocenters. The van der Waals surface area contributed by atoms with Crippen molar-refractivity contribution in [3.63, 3.8) is 0 Å². The molecule has 0 saturated heterocycles. The van der Waals surface area contributed by atoms with Crippen molar-refractivity contribution in [3.8, 4) is 0 Å². The molecule has 1 heterocycles. The number of rotatable bonds is 5. The number of carbonyl (C=O) groups is 1. The zero-order valence-electron chi connectivity index (χ0n) is 10.9. The predicted molar refractivity (Wildman–Crippen MR) is 82.0 cm³/mol. The summed E-state index contributed by atoms with van der Waals surface area (Å²) in [7, 11) is 0. The zero-order chi connectivity index (χ0) is 14.4. The number of nitrogens with zero attached hydrogens (tertiary/aromatic N) is 1. The van der Waals surface area contributed by atoms with Gasteiger partial charge in [-0.2, -0.15) is 0 Å². The summed E-state index contributed by atoms with van der Waals surface area (Å²) in [6.07, 6.45) is 1.46. The quantitative estimate of drug-likeness (QED) is 0.853. The smallest absolute Gasteiger partial charge is 0.255 e. The molecule has 0 fully saturated rings. The number of hydrogen-bond acceptors (Lipinski definition) is 2. The van der Waals surface area contributed by atoms with Gasteiger partial charge < -0.3 is 9.88 Å². The summed E-state index contributed by atoms with van der Waals surface area (Å²) >= 11 is 3.36. The fourth-order valence-corrected chi connectivity index (χ4v) is 2.31. The summed E-state index contributed by atoms with van der Waals surface area (Å²) in [4.78, 5) is 27.8. The van der Waals surface area contributed by atoms with Gasteiger partial charge in [0.15, 0.2) is 0 Å². The average molecular weight is 335 g/mol. The minimum Gasteiger partial charge on any atom is -0.333 e. The van der Waals surface area contributed by atoms with Crippen LogP contribution in [-0.4, -0.2) is 27.7 Å². The van der Waals surface area contributed by atoms with E-state index in [9.17, 15) is 9.59 Å². The van der Waals surface area contributed by atoms with Crippen LogP contribution in [0.25, 0.3) is 0 Å². The van der Waals surface area contributed by atoms with Crippen LogP contribution in [0.3, 0.4) is 0 Å². The Morgan fingerprint density at radius 3 is 2.50 bits per heavy atom. The number of benzene rings is 1. The lowest BCUT2D eigenvalue weighted by atomic mass is 10.2. The highest BCUT2D eigenvalue weighted by atomic mass is 79.9.